The third-order valence-corrected chi connectivity index (χ3v) is 3.76. The highest BCUT2D eigenvalue weighted by Gasteiger charge is 2.33. The Hall–Kier alpha value is -2.53. The molecule has 0 aromatic carbocycles. The summed E-state index contributed by atoms with van der Waals surface area (Å²) >= 11 is 0. The second-order valence-electron chi connectivity index (χ2n) is 5.20. The fraction of sp³-hybridized carbons (Fsp3) is 0.429. The first-order valence-electron chi connectivity index (χ1n) is 6.92. The van der Waals surface area contributed by atoms with Crippen LogP contribution in [0.5, 0.6) is 0 Å². The summed E-state index contributed by atoms with van der Waals surface area (Å²) in [5.41, 5.74) is 0.200. The number of aromatic amines is 1. The Morgan fingerprint density at radius 1 is 1.55 bits per heavy atom. The van der Waals surface area contributed by atoms with Gasteiger partial charge in [0, 0.05) is 32.3 Å². The lowest BCUT2D eigenvalue weighted by Crippen LogP contribution is -2.33. The quantitative estimate of drug-likeness (QED) is 0.913. The number of hydrogen-bond acceptors (Lipinski definition) is 6. The van der Waals surface area contributed by atoms with Crippen molar-refractivity contribution in [2.24, 2.45) is 0 Å². The number of anilines is 1. The molecule has 0 radical (unpaired) electrons. The first-order valence-corrected chi connectivity index (χ1v) is 6.92. The Balaban J connectivity index is 1.74. The summed E-state index contributed by atoms with van der Waals surface area (Å²) in [6.07, 6.45) is 3.56. The van der Waals surface area contributed by atoms with Crippen molar-refractivity contribution in [3.8, 4) is 6.07 Å². The van der Waals surface area contributed by atoms with Crippen LogP contribution in [0.1, 0.15) is 23.7 Å². The number of rotatable bonds is 4. The van der Waals surface area contributed by atoms with Crippen molar-refractivity contribution in [2.45, 2.75) is 18.4 Å². The molecule has 1 aliphatic rings. The molecule has 1 aliphatic heterocycles. The SMILES string of the molecule is CN(C[C@H]1OCC[C@H]1c1ncn[nH]1)c1ncc(C#N)cc1F. The largest absolute Gasteiger partial charge is 0.376 e. The van der Waals surface area contributed by atoms with E-state index in [1.165, 1.54) is 18.6 Å². The molecule has 1 N–H and O–H groups in total. The Kier molecular flexibility index (Phi) is 3.98. The molecule has 1 fully saturated rings. The van der Waals surface area contributed by atoms with E-state index in [1.807, 2.05) is 6.07 Å². The molecule has 2 atom stereocenters. The lowest BCUT2D eigenvalue weighted by molar-refractivity contribution is 0.108. The maximum atomic E-state index is 14.0. The van der Waals surface area contributed by atoms with Crippen LogP contribution in [0.3, 0.4) is 0 Å². The van der Waals surface area contributed by atoms with E-state index in [4.69, 9.17) is 10.00 Å². The minimum atomic E-state index is -0.518. The van der Waals surface area contributed by atoms with Crippen LogP contribution >= 0.6 is 0 Å². The number of aromatic nitrogens is 4. The molecule has 22 heavy (non-hydrogen) atoms. The summed E-state index contributed by atoms with van der Waals surface area (Å²) in [5.74, 6) is 0.567. The topological polar surface area (TPSA) is 90.7 Å². The second-order valence-corrected chi connectivity index (χ2v) is 5.20. The third-order valence-electron chi connectivity index (χ3n) is 3.76. The van der Waals surface area contributed by atoms with Crippen molar-refractivity contribution < 1.29 is 9.13 Å². The number of ether oxygens (including phenoxy) is 1. The van der Waals surface area contributed by atoms with E-state index in [1.54, 1.807) is 11.9 Å². The van der Waals surface area contributed by atoms with Crippen LogP contribution in [-0.2, 0) is 4.74 Å². The van der Waals surface area contributed by atoms with Gasteiger partial charge < -0.3 is 9.64 Å². The number of nitriles is 1. The van der Waals surface area contributed by atoms with Crippen LogP contribution < -0.4 is 4.90 Å². The van der Waals surface area contributed by atoms with Gasteiger partial charge in [-0.1, -0.05) is 0 Å². The van der Waals surface area contributed by atoms with E-state index < -0.39 is 5.82 Å². The molecule has 8 heteroatoms. The summed E-state index contributed by atoms with van der Waals surface area (Å²) in [6.45, 7) is 1.11. The molecule has 3 heterocycles. The van der Waals surface area contributed by atoms with Crippen LogP contribution in [0, 0.1) is 17.1 Å². The van der Waals surface area contributed by atoms with Crippen molar-refractivity contribution in [2.75, 3.05) is 25.1 Å². The highest BCUT2D eigenvalue weighted by atomic mass is 19.1. The summed E-state index contributed by atoms with van der Waals surface area (Å²) in [5, 5.41) is 15.5. The molecule has 114 valence electrons. The van der Waals surface area contributed by atoms with Gasteiger partial charge in [0.25, 0.3) is 0 Å². The van der Waals surface area contributed by atoms with Gasteiger partial charge in [-0.15, -0.1) is 0 Å². The van der Waals surface area contributed by atoms with Gasteiger partial charge >= 0.3 is 0 Å². The molecule has 0 saturated carbocycles. The zero-order valence-electron chi connectivity index (χ0n) is 12.0. The van der Waals surface area contributed by atoms with Gasteiger partial charge in [-0.05, 0) is 12.5 Å². The van der Waals surface area contributed by atoms with E-state index in [2.05, 4.69) is 20.2 Å². The monoisotopic (exact) mass is 302 g/mol. The number of hydrogen-bond donors (Lipinski definition) is 1. The number of likely N-dealkylation sites (N-methyl/N-ethyl adjacent to an activating group) is 1. The zero-order valence-corrected chi connectivity index (χ0v) is 12.0. The maximum absolute atomic E-state index is 14.0. The van der Waals surface area contributed by atoms with Gasteiger partial charge in [0.2, 0.25) is 0 Å². The van der Waals surface area contributed by atoms with Crippen LogP contribution in [0.2, 0.25) is 0 Å². The van der Waals surface area contributed by atoms with Crippen molar-refractivity contribution in [1.82, 2.24) is 20.2 Å². The van der Waals surface area contributed by atoms with Crippen LogP contribution in [0.15, 0.2) is 18.6 Å². The maximum Gasteiger partial charge on any atom is 0.166 e. The summed E-state index contributed by atoms with van der Waals surface area (Å²) < 4.78 is 19.7. The average molecular weight is 302 g/mol. The summed E-state index contributed by atoms with van der Waals surface area (Å²) in [7, 11) is 1.75. The number of H-pyrrole nitrogens is 1. The van der Waals surface area contributed by atoms with E-state index >= 15 is 0 Å². The minimum absolute atomic E-state index is 0.103. The Labute approximate surface area is 126 Å². The van der Waals surface area contributed by atoms with E-state index in [0.717, 1.165) is 12.2 Å². The standard InChI is InChI=1S/C14H15FN6O/c1-21(14-11(15)4-9(5-16)6-17-14)7-12-10(2-3-22-12)13-18-8-19-20-13/h4,6,8,10,12H,2-3,7H2,1H3,(H,18,19,20)/t10-,12-/m1/s1. The van der Waals surface area contributed by atoms with Gasteiger partial charge in [-0.3, -0.25) is 5.10 Å². The lowest BCUT2D eigenvalue weighted by Gasteiger charge is -2.24. The van der Waals surface area contributed by atoms with Crippen molar-refractivity contribution in [1.29, 1.82) is 5.26 Å². The first kappa shape index (κ1) is 14.4. The number of halogens is 1. The van der Waals surface area contributed by atoms with Gasteiger partial charge in [0.1, 0.15) is 18.2 Å². The van der Waals surface area contributed by atoms with E-state index in [9.17, 15) is 4.39 Å². The molecule has 0 spiro atoms. The fourth-order valence-electron chi connectivity index (χ4n) is 2.66. The van der Waals surface area contributed by atoms with E-state index in [-0.39, 0.29) is 23.4 Å². The second kappa shape index (κ2) is 6.07. The van der Waals surface area contributed by atoms with Crippen LogP contribution in [0.25, 0.3) is 0 Å². The normalized spacial score (nSPS) is 20.8. The Bertz CT molecular complexity index is 683. The van der Waals surface area contributed by atoms with Gasteiger partial charge in [0.05, 0.1) is 11.7 Å². The Morgan fingerprint density at radius 3 is 3.09 bits per heavy atom. The van der Waals surface area contributed by atoms with Crippen molar-refractivity contribution in [3.05, 3.63) is 35.8 Å². The zero-order chi connectivity index (χ0) is 15.5. The lowest BCUT2D eigenvalue weighted by atomic mass is 10.0. The minimum Gasteiger partial charge on any atom is -0.376 e. The third kappa shape index (κ3) is 2.76. The first-order chi connectivity index (χ1) is 10.7. The van der Waals surface area contributed by atoms with Crippen molar-refractivity contribution in [3.63, 3.8) is 0 Å². The van der Waals surface area contributed by atoms with Gasteiger partial charge in [0.15, 0.2) is 11.6 Å². The highest BCUT2D eigenvalue weighted by Crippen LogP contribution is 2.30. The summed E-state index contributed by atoms with van der Waals surface area (Å²) in [4.78, 5) is 9.88. The molecule has 1 saturated heterocycles. The van der Waals surface area contributed by atoms with Crippen LogP contribution in [-0.4, -0.2) is 46.5 Å². The Morgan fingerprint density at radius 2 is 2.41 bits per heavy atom. The molecule has 2 aromatic heterocycles. The molecular weight excluding hydrogens is 287 g/mol. The molecule has 0 bridgehead atoms. The van der Waals surface area contributed by atoms with E-state index in [0.29, 0.717) is 13.2 Å². The number of pyridine rings is 1. The number of nitrogens with one attached hydrogen (secondary N) is 1. The van der Waals surface area contributed by atoms with Gasteiger partial charge in [-0.25, -0.2) is 14.4 Å². The molecule has 0 amide bonds. The molecule has 3 rings (SSSR count). The summed E-state index contributed by atoms with van der Waals surface area (Å²) in [6, 6.07) is 3.05. The molecular formula is C14H15FN6O. The molecule has 7 nitrogen and oxygen atoms in total. The van der Waals surface area contributed by atoms with Crippen molar-refractivity contribution >= 4 is 5.82 Å². The molecule has 0 unspecified atom stereocenters. The molecule has 0 aliphatic carbocycles. The fourth-order valence-corrected chi connectivity index (χ4v) is 2.66. The average Bonchev–Trinajstić information content (AvgIpc) is 3.17. The predicted molar refractivity (Wildman–Crippen MR) is 75.7 cm³/mol. The van der Waals surface area contributed by atoms with Gasteiger partial charge in [-0.2, -0.15) is 10.4 Å². The smallest absolute Gasteiger partial charge is 0.166 e. The number of nitrogens with zero attached hydrogens (tertiary/aromatic N) is 5. The highest BCUT2D eigenvalue weighted by molar-refractivity contribution is 5.43. The van der Waals surface area contributed by atoms with Crippen LogP contribution in [0.4, 0.5) is 10.2 Å². The predicted octanol–water partition coefficient (Wildman–Crippen LogP) is 1.22. The molecule has 2 aromatic rings.